The van der Waals surface area contributed by atoms with Gasteiger partial charge in [0.1, 0.15) is 11.5 Å². The van der Waals surface area contributed by atoms with Crippen LogP contribution in [-0.4, -0.2) is 33.2 Å². The van der Waals surface area contributed by atoms with E-state index in [2.05, 4.69) is 16.9 Å². The predicted octanol–water partition coefficient (Wildman–Crippen LogP) is 5.92. The van der Waals surface area contributed by atoms with Crippen molar-refractivity contribution in [1.82, 2.24) is 0 Å². The molecule has 0 saturated carbocycles. The summed E-state index contributed by atoms with van der Waals surface area (Å²) in [5.74, 6) is 0.323. The molecule has 196 valence electrons. The first-order chi connectivity index (χ1) is 17.8. The summed E-state index contributed by atoms with van der Waals surface area (Å²) in [6.07, 6.45) is 7.03. The van der Waals surface area contributed by atoms with Crippen LogP contribution in [0.3, 0.4) is 0 Å². The van der Waals surface area contributed by atoms with Gasteiger partial charge in [-0.2, -0.15) is 0 Å². The molecule has 3 aromatic rings. The van der Waals surface area contributed by atoms with Gasteiger partial charge in [-0.3, -0.25) is 9.52 Å². The van der Waals surface area contributed by atoms with Crippen molar-refractivity contribution in [2.24, 2.45) is 0 Å². The molecule has 0 heterocycles. The fraction of sp³-hybridized carbons (Fsp3) is 0.276. The van der Waals surface area contributed by atoms with E-state index >= 15 is 0 Å². The summed E-state index contributed by atoms with van der Waals surface area (Å²) in [5, 5.41) is 9.13. The molecule has 0 fully saturated rings. The monoisotopic (exact) mass is 523 g/mol. The number of unbranched alkanes of at least 4 members (excludes halogenated alkanes) is 2. The third-order valence-electron chi connectivity index (χ3n) is 5.59. The van der Waals surface area contributed by atoms with Crippen molar-refractivity contribution in [2.45, 2.75) is 37.9 Å². The first-order valence-electron chi connectivity index (χ1n) is 12.2. The van der Waals surface area contributed by atoms with Crippen LogP contribution < -0.4 is 14.2 Å². The van der Waals surface area contributed by atoms with E-state index in [9.17, 15) is 13.2 Å². The maximum atomic E-state index is 12.6. The largest absolute Gasteiger partial charge is 0.497 e. The summed E-state index contributed by atoms with van der Waals surface area (Å²) in [7, 11) is -1.98. The normalized spacial score (nSPS) is 11.4. The van der Waals surface area contributed by atoms with Crippen LogP contribution in [0.4, 0.5) is 5.69 Å². The molecule has 0 aliphatic heterocycles. The van der Waals surface area contributed by atoms with Gasteiger partial charge in [0, 0.05) is 12.1 Å². The zero-order valence-corrected chi connectivity index (χ0v) is 21.7. The predicted molar refractivity (Wildman–Crippen MR) is 146 cm³/mol. The maximum Gasteiger partial charge on any atom is 0.303 e. The lowest BCUT2D eigenvalue weighted by Gasteiger charge is -2.14. The summed E-state index contributed by atoms with van der Waals surface area (Å²) in [6.45, 7) is 0.482. The first kappa shape index (κ1) is 27.8. The average Bonchev–Trinajstić information content (AvgIpc) is 2.88. The molecule has 0 bridgehead atoms. The van der Waals surface area contributed by atoms with E-state index < -0.39 is 16.0 Å². The summed E-state index contributed by atoms with van der Waals surface area (Å²) in [5.41, 5.74) is 2.83. The molecule has 0 amide bonds. The van der Waals surface area contributed by atoms with Crippen LogP contribution in [0.15, 0.2) is 78.9 Å². The average molecular weight is 524 g/mol. The lowest BCUT2D eigenvalue weighted by Crippen LogP contribution is -2.15. The van der Waals surface area contributed by atoms with Crippen LogP contribution in [0.2, 0.25) is 0 Å². The molecule has 3 aromatic carbocycles. The van der Waals surface area contributed by atoms with Gasteiger partial charge in [0.25, 0.3) is 0 Å². The molecule has 0 aliphatic rings. The highest BCUT2D eigenvalue weighted by molar-refractivity contribution is 7.91. The number of rotatable bonds is 15. The lowest BCUT2D eigenvalue weighted by atomic mass is 10.1. The number of ether oxygens (including phenoxy) is 2. The lowest BCUT2D eigenvalue weighted by molar-refractivity contribution is -0.136. The van der Waals surface area contributed by atoms with Gasteiger partial charge in [-0.1, -0.05) is 54.6 Å². The summed E-state index contributed by atoms with van der Waals surface area (Å²) in [6, 6.07) is 21.8. The summed E-state index contributed by atoms with van der Waals surface area (Å²) < 4.78 is 38.9. The number of hydrogen-bond acceptors (Lipinski definition) is 5. The SMILES string of the molecule is COc1ccc(C=CCCCCOc2ccc(NS(=O)(=O)Cc3ccccc3)cc2CCC(=O)O)cc1. The minimum absolute atomic E-state index is 0.0767. The van der Waals surface area contributed by atoms with Crippen molar-refractivity contribution in [1.29, 1.82) is 0 Å². The fourth-order valence-electron chi connectivity index (χ4n) is 3.71. The van der Waals surface area contributed by atoms with E-state index in [1.807, 2.05) is 30.3 Å². The van der Waals surface area contributed by atoms with Crippen molar-refractivity contribution in [2.75, 3.05) is 18.4 Å². The van der Waals surface area contributed by atoms with Crippen LogP contribution in [-0.2, 0) is 27.0 Å². The van der Waals surface area contributed by atoms with Gasteiger partial charge in [-0.25, -0.2) is 8.42 Å². The number of benzene rings is 3. The zero-order valence-electron chi connectivity index (χ0n) is 20.9. The number of carbonyl (C=O) groups is 1. The quantitative estimate of drug-likeness (QED) is 0.240. The number of aryl methyl sites for hydroxylation is 1. The number of nitrogens with one attached hydrogen (secondary N) is 1. The molecule has 0 saturated heterocycles. The number of carboxylic acid groups (broad SMARTS) is 1. The van der Waals surface area contributed by atoms with E-state index in [-0.39, 0.29) is 18.6 Å². The maximum absolute atomic E-state index is 12.6. The van der Waals surface area contributed by atoms with Gasteiger partial charge in [0.05, 0.1) is 19.5 Å². The van der Waals surface area contributed by atoms with Crippen molar-refractivity contribution in [3.63, 3.8) is 0 Å². The Labute approximate surface area is 218 Å². The number of carboxylic acids is 1. The highest BCUT2D eigenvalue weighted by Crippen LogP contribution is 2.26. The van der Waals surface area contributed by atoms with Crippen LogP contribution in [0.5, 0.6) is 11.5 Å². The number of sulfonamides is 1. The number of allylic oxidation sites excluding steroid dienone is 1. The molecular formula is C29H33NO6S. The van der Waals surface area contributed by atoms with Gasteiger partial charge in [-0.15, -0.1) is 0 Å². The summed E-state index contributed by atoms with van der Waals surface area (Å²) >= 11 is 0. The van der Waals surface area contributed by atoms with E-state index in [4.69, 9.17) is 14.6 Å². The van der Waals surface area contributed by atoms with E-state index in [0.717, 1.165) is 30.6 Å². The minimum atomic E-state index is -3.62. The van der Waals surface area contributed by atoms with Crippen molar-refractivity contribution in [3.8, 4) is 11.5 Å². The Morgan fingerprint density at radius 2 is 1.76 bits per heavy atom. The van der Waals surface area contributed by atoms with Gasteiger partial charge < -0.3 is 14.6 Å². The standard InChI is InChI=1S/C29H33NO6S/c1-35-27-16-12-23(13-17-27)9-5-2-3-8-20-36-28-18-15-26(21-25(28)14-19-29(31)32)30-37(33,34)22-24-10-6-4-7-11-24/h4-7,9-13,15-18,21,30H,2-3,8,14,19-20,22H2,1H3,(H,31,32). The number of aliphatic carboxylic acids is 1. The van der Waals surface area contributed by atoms with Crippen LogP contribution in [0.1, 0.15) is 42.4 Å². The van der Waals surface area contributed by atoms with Crippen LogP contribution >= 0.6 is 0 Å². The molecule has 7 nitrogen and oxygen atoms in total. The number of hydrogen-bond donors (Lipinski definition) is 2. The third kappa shape index (κ3) is 10.0. The number of anilines is 1. The number of methoxy groups -OCH3 is 1. The van der Waals surface area contributed by atoms with E-state index in [1.165, 1.54) is 0 Å². The van der Waals surface area contributed by atoms with E-state index in [1.54, 1.807) is 49.6 Å². The van der Waals surface area contributed by atoms with Crippen LogP contribution in [0.25, 0.3) is 6.08 Å². The van der Waals surface area contributed by atoms with Crippen molar-refractivity contribution in [3.05, 3.63) is 95.6 Å². The third-order valence-corrected chi connectivity index (χ3v) is 6.85. The van der Waals surface area contributed by atoms with E-state index in [0.29, 0.717) is 29.2 Å². The molecule has 0 radical (unpaired) electrons. The molecule has 2 N–H and O–H groups in total. The van der Waals surface area contributed by atoms with Crippen molar-refractivity contribution >= 4 is 27.8 Å². The van der Waals surface area contributed by atoms with Gasteiger partial charge in [0.15, 0.2) is 0 Å². The smallest absolute Gasteiger partial charge is 0.303 e. The van der Waals surface area contributed by atoms with Gasteiger partial charge >= 0.3 is 5.97 Å². The Bertz CT molecular complexity index is 1270. The Hall–Kier alpha value is -3.78. The first-order valence-corrected chi connectivity index (χ1v) is 13.8. The fourth-order valence-corrected chi connectivity index (χ4v) is 4.90. The molecule has 8 heteroatoms. The van der Waals surface area contributed by atoms with Crippen LogP contribution in [0, 0.1) is 0 Å². The highest BCUT2D eigenvalue weighted by Gasteiger charge is 2.14. The Kier molecular flexibility index (Phi) is 10.6. The molecule has 37 heavy (non-hydrogen) atoms. The molecule has 0 atom stereocenters. The molecule has 0 unspecified atom stereocenters. The molecular weight excluding hydrogens is 490 g/mol. The second-order valence-corrected chi connectivity index (χ2v) is 10.3. The van der Waals surface area contributed by atoms with Crippen molar-refractivity contribution < 1.29 is 27.8 Å². The molecule has 0 aromatic heterocycles. The molecule has 0 spiro atoms. The molecule has 0 aliphatic carbocycles. The minimum Gasteiger partial charge on any atom is -0.497 e. The second-order valence-electron chi connectivity index (χ2n) is 8.58. The Balaban J connectivity index is 1.53. The Morgan fingerprint density at radius 3 is 2.46 bits per heavy atom. The Morgan fingerprint density at radius 1 is 1.00 bits per heavy atom. The van der Waals surface area contributed by atoms with Gasteiger partial charge in [-0.05, 0) is 72.7 Å². The van der Waals surface area contributed by atoms with Gasteiger partial charge in [0.2, 0.25) is 10.0 Å². The molecule has 3 rings (SSSR count). The zero-order chi connectivity index (χ0) is 26.5. The second kappa shape index (κ2) is 14.1. The highest BCUT2D eigenvalue weighted by atomic mass is 32.2. The topological polar surface area (TPSA) is 102 Å². The summed E-state index contributed by atoms with van der Waals surface area (Å²) in [4.78, 5) is 11.1.